The highest BCUT2D eigenvalue weighted by molar-refractivity contribution is 7.92. The quantitative estimate of drug-likeness (QED) is 0.887. The van der Waals surface area contributed by atoms with Crippen LogP contribution in [-0.2, 0) is 10.0 Å². The fraction of sp³-hybridized carbons (Fsp3) is 0. The van der Waals surface area contributed by atoms with Gasteiger partial charge in [0.15, 0.2) is 0 Å². The Balaban J connectivity index is 2.52. The van der Waals surface area contributed by atoms with Crippen molar-refractivity contribution in [2.75, 3.05) is 4.72 Å². The summed E-state index contributed by atoms with van der Waals surface area (Å²) in [6.07, 6.45) is 2.55. The molecule has 0 bridgehead atoms. The van der Waals surface area contributed by atoms with Crippen LogP contribution in [0.15, 0.2) is 41.6 Å². The van der Waals surface area contributed by atoms with Crippen LogP contribution in [0.2, 0.25) is 10.0 Å². The van der Waals surface area contributed by atoms with E-state index < -0.39 is 16.0 Å². The second kappa shape index (κ2) is 5.88. The lowest BCUT2D eigenvalue weighted by atomic mass is 10.2. The summed E-state index contributed by atoms with van der Waals surface area (Å²) in [6.45, 7) is 0. The van der Waals surface area contributed by atoms with E-state index in [9.17, 15) is 13.2 Å². The number of hydrogen-bond acceptors (Lipinski definition) is 4. The zero-order chi connectivity index (χ0) is 15.6. The van der Waals surface area contributed by atoms with Gasteiger partial charge in [-0.15, -0.1) is 0 Å². The molecule has 0 aliphatic carbocycles. The van der Waals surface area contributed by atoms with Crippen molar-refractivity contribution in [3.8, 4) is 0 Å². The molecular weight excluding hydrogens is 339 g/mol. The van der Waals surface area contributed by atoms with Crippen LogP contribution in [0.5, 0.6) is 0 Å². The number of hydrogen-bond donors (Lipinski definition) is 2. The number of carbonyl (C=O) groups is 1. The molecule has 0 atom stereocenters. The lowest BCUT2D eigenvalue weighted by Gasteiger charge is -2.12. The van der Waals surface area contributed by atoms with Crippen LogP contribution in [0.1, 0.15) is 10.4 Å². The number of pyridine rings is 1. The van der Waals surface area contributed by atoms with Gasteiger partial charge < -0.3 is 5.11 Å². The van der Waals surface area contributed by atoms with Gasteiger partial charge in [-0.2, -0.15) is 0 Å². The van der Waals surface area contributed by atoms with Crippen molar-refractivity contribution in [2.24, 2.45) is 0 Å². The Morgan fingerprint density at radius 3 is 2.57 bits per heavy atom. The molecule has 2 aromatic rings. The first-order valence-electron chi connectivity index (χ1n) is 5.46. The lowest BCUT2D eigenvalue weighted by molar-refractivity contribution is 0.0698. The Morgan fingerprint density at radius 2 is 2.00 bits per heavy atom. The SMILES string of the molecule is O=C(O)c1cc(Cl)cc(Cl)c1NS(=O)(=O)c1cccnc1. The van der Waals surface area contributed by atoms with E-state index in [0.29, 0.717) is 0 Å². The van der Waals surface area contributed by atoms with E-state index in [1.807, 2.05) is 0 Å². The van der Waals surface area contributed by atoms with Gasteiger partial charge in [0, 0.05) is 17.4 Å². The topological polar surface area (TPSA) is 96.4 Å². The van der Waals surface area contributed by atoms with E-state index >= 15 is 0 Å². The normalized spacial score (nSPS) is 11.1. The third-order valence-electron chi connectivity index (χ3n) is 2.47. The smallest absolute Gasteiger partial charge is 0.337 e. The molecule has 0 aliphatic heterocycles. The largest absolute Gasteiger partial charge is 0.478 e. The van der Waals surface area contributed by atoms with Crippen LogP contribution in [0.4, 0.5) is 5.69 Å². The molecule has 0 spiro atoms. The molecule has 1 heterocycles. The highest BCUT2D eigenvalue weighted by atomic mass is 35.5. The van der Waals surface area contributed by atoms with Crippen molar-refractivity contribution < 1.29 is 18.3 Å². The van der Waals surface area contributed by atoms with Gasteiger partial charge in [0.05, 0.1) is 16.3 Å². The maximum atomic E-state index is 12.2. The molecule has 0 unspecified atom stereocenters. The Kier molecular flexibility index (Phi) is 4.36. The van der Waals surface area contributed by atoms with Crippen molar-refractivity contribution in [2.45, 2.75) is 4.90 Å². The van der Waals surface area contributed by atoms with Gasteiger partial charge in [0.2, 0.25) is 0 Å². The third-order valence-corrected chi connectivity index (χ3v) is 4.32. The first-order valence-corrected chi connectivity index (χ1v) is 7.70. The van der Waals surface area contributed by atoms with Crippen molar-refractivity contribution in [3.05, 3.63) is 52.3 Å². The fourth-order valence-corrected chi connectivity index (χ4v) is 3.21. The molecule has 6 nitrogen and oxygen atoms in total. The number of sulfonamides is 1. The van der Waals surface area contributed by atoms with Crippen LogP contribution < -0.4 is 4.72 Å². The second-order valence-corrected chi connectivity index (χ2v) is 6.44. The maximum Gasteiger partial charge on any atom is 0.337 e. The summed E-state index contributed by atoms with van der Waals surface area (Å²) in [6, 6.07) is 5.11. The van der Waals surface area contributed by atoms with E-state index in [0.717, 1.165) is 12.3 Å². The Hall–Kier alpha value is -1.83. The van der Waals surface area contributed by atoms with E-state index in [2.05, 4.69) is 9.71 Å². The summed E-state index contributed by atoms with van der Waals surface area (Å²) >= 11 is 11.6. The van der Waals surface area contributed by atoms with Gasteiger partial charge in [-0.3, -0.25) is 9.71 Å². The molecule has 21 heavy (non-hydrogen) atoms. The van der Waals surface area contributed by atoms with E-state index in [-0.39, 0.29) is 26.2 Å². The summed E-state index contributed by atoms with van der Waals surface area (Å²) in [5.74, 6) is -1.36. The molecule has 0 saturated carbocycles. The number of nitrogens with one attached hydrogen (secondary N) is 1. The van der Waals surface area contributed by atoms with Crippen LogP contribution in [0, 0.1) is 0 Å². The molecule has 1 aromatic heterocycles. The molecule has 1 aromatic carbocycles. The zero-order valence-corrected chi connectivity index (χ0v) is 12.6. The summed E-state index contributed by atoms with van der Waals surface area (Å²) in [4.78, 5) is 14.8. The first kappa shape index (κ1) is 15.6. The molecule has 2 rings (SSSR count). The van der Waals surface area contributed by atoms with Crippen LogP contribution in [-0.4, -0.2) is 24.5 Å². The number of benzene rings is 1. The van der Waals surface area contributed by atoms with Gasteiger partial charge >= 0.3 is 5.97 Å². The van der Waals surface area contributed by atoms with Crippen molar-refractivity contribution in [3.63, 3.8) is 0 Å². The van der Waals surface area contributed by atoms with Crippen molar-refractivity contribution >= 4 is 44.9 Å². The minimum Gasteiger partial charge on any atom is -0.478 e. The second-order valence-electron chi connectivity index (χ2n) is 3.91. The molecule has 110 valence electrons. The molecule has 0 saturated heterocycles. The summed E-state index contributed by atoms with van der Waals surface area (Å²) in [5.41, 5.74) is -0.600. The van der Waals surface area contributed by atoms with Crippen LogP contribution in [0.3, 0.4) is 0 Å². The van der Waals surface area contributed by atoms with E-state index in [1.54, 1.807) is 0 Å². The molecule has 0 radical (unpaired) electrons. The predicted molar refractivity (Wildman–Crippen MR) is 78.5 cm³/mol. The first-order chi connectivity index (χ1) is 9.81. The number of anilines is 1. The molecule has 2 N–H and O–H groups in total. The van der Waals surface area contributed by atoms with Crippen LogP contribution in [0.25, 0.3) is 0 Å². The standard InChI is InChI=1S/C12H8Cl2N2O4S/c13-7-4-9(12(17)18)11(10(14)5-7)16-21(19,20)8-2-1-3-15-6-8/h1-6,16H,(H,17,18). The number of aromatic nitrogens is 1. The zero-order valence-electron chi connectivity index (χ0n) is 10.2. The monoisotopic (exact) mass is 346 g/mol. The predicted octanol–water partition coefficient (Wildman–Crippen LogP) is 2.89. The highest BCUT2D eigenvalue weighted by Crippen LogP contribution is 2.32. The molecule has 9 heteroatoms. The van der Waals surface area contributed by atoms with Crippen molar-refractivity contribution in [1.29, 1.82) is 0 Å². The Labute approximate surface area is 130 Å². The van der Waals surface area contributed by atoms with Gasteiger partial charge in [-0.05, 0) is 24.3 Å². The molecule has 0 amide bonds. The van der Waals surface area contributed by atoms with Gasteiger partial charge in [-0.25, -0.2) is 13.2 Å². The fourth-order valence-electron chi connectivity index (χ4n) is 1.55. The number of nitrogens with zero attached hydrogens (tertiary/aromatic N) is 1. The number of halogens is 2. The van der Waals surface area contributed by atoms with Crippen LogP contribution >= 0.6 is 23.2 Å². The Bertz CT molecular complexity index is 794. The summed E-state index contributed by atoms with van der Waals surface area (Å²) in [5, 5.41) is 9.08. The Morgan fingerprint density at radius 1 is 1.29 bits per heavy atom. The molecule has 0 aliphatic rings. The summed E-state index contributed by atoms with van der Waals surface area (Å²) < 4.78 is 26.5. The average Bonchev–Trinajstić information content (AvgIpc) is 2.42. The van der Waals surface area contributed by atoms with E-state index in [1.165, 1.54) is 24.4 Å². The number of rotatable bonds is 4. The lowest BCUT2D eigenvalue weighted by Crippen LogP contribution is -2.16. The minimum atomic E-state index is -4.01. The third kappa shape index (κ3) is 3.44. The number of carboxylic acids is 1. The number of aromatic carboxylic acids is 1. The highest BCUT2D eigenvalue weighted by Gasteiger charge is 2.21. The summed E-state index contributed by atoms with van der Waals surface area (Å²) in [7, 11) is -4.01. The van der Waals surface area contributed by atoms with Gasteiger partial charge in [0.1, 0.15) is 4.90 Å². The minimum absolute atomic E-state index is 0.0849. The van der Waals surface area contributed by atoms with Gasteiger partial charge in [0.25, 0.3) is 10.0 Å². The van der Waals surface area contributed by atoms with E-state index in [4.69, 9.17) is 28.3 Å². The van der Waals surface area contributed by atoms with Crippen molar-refractivity contribution in [1.82, 2.24) is 4.98 Å². The van der Waals surface area contributed by atoms with Gasteiger partial charge in [-0.1, -0.05) is 23.2 Å². The number of carboxylic acid groups (broad SMARTS) is 1. The molecule has 0 fully saturated rings. The maximum absolute atomic E-state index is 12.2. The molecular formula is C12H8Cl2N2O4S. The average molecular weight is 347 g/mol.